The van der Waals surface area contributed by atoms with Gasteiger partial charge >= 0.3 is 5.03 Å². The quantitative estimate of drug-likeness (QED) is 0.614. The van der Waals surface area contributed by atoms with Crippen LogP contribution >= 0.6 is 11.3 Å². The molecule has 0 saturated heterocycles. The second-order valence-corrected chi connectivity index (χ2v) is 6.17. The van der Waals surface area contributed by atoms with Crippen molar-refractivity contribution in [1.82, 2.24) is 0 Å². The Labute approximate surface area is 97.3 Å². The molecule has 6 heteroatoms. The van der Waals surface area contributed by atoms with Crippen LogP contribution in [0.25, 0.3) is 0 Å². The van der Waals surface area contributed by atoms with Crippen LogP contribution in [-0.4, -0.2) is 8.42 Å². The molecule has 0 bridgehead atoms. The van der Waals surface area contributed by atoms with Gasteiger partial charge in [0.2, 0.25) is 9.84 Å². The van der Waals surface area contributed by atoms with Gasteiger partial charge in [-0.15, -0.1) is 11.3 Å². The Balaban J connectivity index is 2.37. The highest BCUT2D eigenvalue weighted by atomic mass is 32.2. The molecule has 0 spiro atoms. The average Bonchev–Trinajstić information content (AvgIpc) is 2.70. The van der Waals surface area contributed by atoms with E-state index in [9.17, 15) is 13.6 Å². The molecule has 16 heavy (non-hydrogen) atoms. The topological polar surface area (TPSA) is 61.1 Å². The minimum Gasteiger partial charge on any atom is -0.618 e. The summed E-state index contributed by atoms with van der Waals surface area (Å²) >= 11 is 1.36. The van der Waals surface area contributed by atoms with Crippen LogP contribution in [0.15, 0.2) is 46.9 Å². The van der Waals surface area contributed by atoms with Gasteiger partial charge in [0.1, 0.15) is 0 Å². The minimum absolute atomic E-state index is 0.128. The van der Waals surface area contributed by atoms with Gasteiger partial charge in [-0.25, -0.2) is 8.42 Å². The SMILES string of the molecule is O=S(=O)(Cc1cccs1)c1cccc[n+]1[O-]. The summed E-state index contributed by atoms with van der Waals surface area (Å²) in [5.74, 6) is -0.128. The minimum atomic E-state index is -3.55. The molecule has 0 radical (unpaired) electrons. The molecule has 0 amide bonds. The maximum atomic E-state index is 11.9. The van der Waals surface area contributed by atoms with Gasteiger partial charge in [-0.05, 0) is 17.5 Å². The van der Waals surface area contributed by atoms with Crippen molar-refractivity contribution in [2.75, 3.05) is 0 Å². The van der Waals surface area contributed by atoms with Crippen molar-refractivity contribution in [2.45, 2.75) is 10.8 Å². The van der Waals surface area contributed by atoms with Gasteiger partial charge in [0.05, 0.1) is 5.75 Å². The summed E-state index contributed by atoms with van der Waals surface area (Å²) in [6, 6.07) is 7.87. The maximum Gasteiger partial charge on any atom is 0.308 e. The summed E-state index contributed by atoms with van der Waals surface area (Å²) in [4.78, 5) is 0.726. The monoisotopic (exact) mass is 255 g/mol. The van der Waals surface area contributed by atoms with E-state index < -0.39 is 9.84 Å². The van der Waals surface area contributed by atoms with Crippen molar-refractivity contribution in [3.05, 3.63) is 52.0 Å². The number of hydrogen-bond donors (Lipinski definition) is 0. The van der Waals surface area contributed by atoms with Gasteiger partial charge in [0, 0.05) is 17.0 Å². The standard InChI is InChI=1S/C10H9NO3S2/c12-11-6-2-1-5-10(11)16(13,14)8-9-4-3-7-15-9/h1-7H,8H2. The van der Waals surface area contributed by atoms with Gasteiger partial charge in [-0.3, -0.25) is 0 Å². The molecule has 0 fully saturated rings. The lowest BCUT2D eigenvalue weighted by molar-refractivity contribution is -0.646. The number of nitrogens with zero attached hydrogens (tertiary/aromatic N) is 1. The Morgan fingerprint density at radius 2 is 2.06 bits per heavy atom. The molecule has 2 heterocycles. The van der Waals surface area contributed by atoms with Crippen LogP contribution in [0.2, 0.25) is 0 Å². The van der Waals surface area contributed by atoms with Crippen LogP contribution in [0.5, 0.6) is 0 Å². The third-order valence-electron chi connectivity index (χ3n) is 2.02. The van der Waals surface area contributed by atoms with Crippen LogP contribution in [0.3, 0.4) is 0 Å². The maximum absolute atomic E-state index is 11.9. The molecule has 2 aromatic heterocycles. The fraction of sp³-hybridized carbons (Fsp3) is 0.100. The van der Waals surface area contributed by atoms with E-state index in [-0.39, 0.29) is 10.8 Å². The first-order valence-corrected chi connectivity index (χ1v) is 7.06. The van der Waals surface area contributed by atoms with Crippen molar-refractivity contribution < 1.29 is 13.1 Å². The Morgan fingerprint density at radius 3 is 2.69 bits per heavy atom. The summed E-state index contributed by atoms with van der Waals surface area (Å²) in [5.41, 5.74) is 0. The normalized spacial score (nSPS) is 11.5. The molecule has 0 atom stereocenters. The van der Waals surface area contributed by atoms with Crippen molar-refractivity contribution in [3.8, 4) is 0 Å². The summed E-state index contributed by atoms with van der Waals surface area (Å²) in [5, 5.41) is 12.9. The second-order valence-electron chi connectivity index (χ2n) is 3.20. The smallest absolute Gasteiger partial charge is 0.308 e. The number of hydrogen-bond acceptors (Lipinski definition) is 4. The number of rotatable bonds is 3. The highest BCUT2D eigenvalue weighted by Crippen LogP contribution is 2.16. The van der Waals surface area contributed by atoms with Gasteiger partial charge in [-0.2, -0.15) is 4.73 Å². The average molecular weight is 255 g/mol. The molecule has 2 rings (SSSR count). The van der Waals surface area contributed by atoms with E-state index in [2.05, 4.69) is 0 Å². The van der Waals surface area contributed by atoms with Crippen LogP contribution in [0.1, 0.15) is 4.88 Å². The third-order valence-corrected chi connectivity index (χ3v) is 4.72. The molecule has 84 valence electrons. The summed E-state index contributed by atoms with van der Waals surface area (Å²) < 4.78 is 24.2. The number of thiophene rings is 1. The van der Waals surface area contributed by atoms with Crippen molar-refractivity contribution in [2.24, 2.45) is 0 Å². The molecule has 0 saturated carbocycles. The molecule has 4 nitrogen and oxygen atoms in total. The van der Waals surface area contributed by atoms with Crippen molar-refractivity contribution >= 4 is 21.2 Å². The molecular formula is C10H9NO3S2. The van der Waals surface area contributed by atoms with E-state index >= 15 is 0 Å². The lowest BCUT2D eigenvalue weighted by Crippen LogP contribution is -2.33. The predicted octanol–water partition coefficient (Wildman–Crippen LogP) is 1.36. The van der Waals surface area contributed by atoms with Crippen LogP contribution in [0, 0.1) is 5.21 Å². The van der Waals surface area contributed by atoms with E-state index in [0.29, 0.717) is 4.73 Å². The fourth-order valence-corrected chi connectivity index (χ4v) is 3.78. The summed E-state index contributed by atoms with van der Waals surface area (Å²) in [7, 11) is -3.55. The van der Waals surface area contributed by atoms with Crippen LogP contribution < -0.4 is 4.73 Å². The lowest BCUT2D eigenvalue weighted by Gasteiger charge is -2.03. The molecular weight excluding hydrogens is 246 g/mol. The largest absolute Gasteiger partial charge is 0.618 e. The van der Waals surface area contributed by atoms with E-state index in [0.717, 1.165) is 4.88 Å². The van der Waals surface area contributed by atoms with Crippen LogP contribution in [-0.2, 0) is 15.6 Å². The zero-order valence-corrected chi connectivity index (χ0v) is 9.87. The number of aromatic nitrogens is 1. The highest BCUT2D eigenvalue weighted by Gasteiger charge is 2.23. The predicted molar refractivity (Wildman–Crippen MR) is 60.6 cm³/mol. The first-order valence-electron chi connectivity index (χ1n) is 4.53. The third kappa shape index (κ3) is 2.23. The van der Waals surface area contributed by atoms with E-state index in [1.807, 2.05) is 0 Å². The van der Waals surface area contributed by atoms with E-state index in [1.54, 1.807) is 17.5 Å². The fourth-order valence-electron chi connectivity index (χ4n) is 1.31. The second kappa shape index (κ2) is 4.23. The zero-order chi connectivity index (χ0) is 11.6. The Hall–Kier alpha value is -1.40. The van der Waals surface area contributed by atoms with Gasteiger partial charge in [0.25, 0.3) is 0 Å². The summed E-state index contributed by atoms with van der Waals surface area (Å²) in [6.45, 7) is 0. The Kier molecular flexibility index (Phi) is 2.93. The Morgan fingerprint density at radius 1 is 1.25 bits per heavy atom. The lowest BCUT2D eigenvalue weighted by atomic mass is 10.5. The van der Waals surface area contributed by atoms with Crippen molar-refractivity contribution in [1.29, 1.82) is 0 Å². The van der Waals surface area contributed by atoms with Gasteiger partial charge in [0.15, 0.2) is 6.20 Å². The van der Waals surface area contributed by atoms with Crippen molar-refractivity contribution in [3.63, 3.8) is 0 Å². The molecule has 0 aliphatic heterocycles. The van der Waals surface area contributed by atoms with Gasteiger partial charge < -0.3 is 5.21 Å². The summed E-state index contributed by atoms with van der Waals surface area (Å²) in [6.07, 6.45) is 1.18. The van der Waals surface area contributed by atoms with Gasteiger partial charge in [-0.1, -0.05) is 6.07 Å². The first-order chi connectivity index (χ1) is 7.59. The van der Waals surface area contributed by atoms with E-state index in [4.69, 9.17) is 0 Å². The molecule has 0 N–H and O–H groups in total. The number of pyridine rings is 1. The molecule has 0 unspecified atom stereocenters. The molecule has 2 aromatic rings. The zero-order valence-electron chi connectivity index (χ0n) is 8.24. The highest BCUT2D eigenvalue weighted by molar-refractivity contribution is 7.90. The molecule has 0 aromatic carbocycles. The molecule has 0 aliphatic carbocycles. The number of sulfone groups is 1. The molecule has 0 aliphatic rings. The first kappa shape index (κ1) is 11.1. The Bertz CT molecular complexity index is 576. The van der Waals surface area contributed by atoms with E-state index in [1.165, 1.54) is 35.7 Å². The van der Waals surface area contributed by atoms with Crippen LogP contribution in [0.4, 0.5) is 0 Å².